The Hall–Kier alpha value is -1.39. The summed E-state index contributed by atoms with van der Waals surface area (Å²) in [5, 5.41) is 0.972. The van der Waals surface area contributed by atoms with Crippen LogP contribution in [0.5, 0.6) is 0 Å². The van der Waals surface area contributed by atoms with Crippen molar-refractivity contribution in [1.82, 2.24) is 9.97 Å². The van der Waals surface area contributed by atoms with Crippen molar-refractivity contribution in [3.05, 3.63) is 48.4 Å². The first-order valence-electron chi connectivity index (χ1n) is 4.62. The molecule has 3 nitrogen and oxygen atoms in total. The maximum Gasteiger partial charge on any atom is 0.101 e. The molecule has 2 aromatic heterocycles. The van der Waals surface area contributed by atoms with E-state index in [0.29, 0.717) is 6.54 Å². The second-order valence-electron chi connectivity index (χ2n) is 2.96. The Labute approximate surface area is 92.8 Å². The number of nitrogens with zero attached hydrogens (tertiary/aromatic N) is 2. The molecule has 0 spiro atoms. The highest BCUT2D eigenvalue weighted by atomic mass is 32.2. The molecule has 0 aliphatic heterocycles. The highest BCUT2D eigenvalue weighted by Gasteiger charge is 1.98. The zero-order valence-corrected chi connectivity index (χ0v) is 8.95. The molecule has 0 atom stereocenters. The Kier molecular flexibility index (Phi) is 3.32. The molecule has 0 unspecified atom stereocenters. The van der Waals surface area contributed by atoms with Crippen LogP contribution in [0.15, 0.2) is 52.6 Å². The fraction of sp³-hybridized carbons (Fsp3) is 0.0909. The van der Waals surface area contributed by atoms with Crippen molar-refractivity contribution in [1.29, 1.82) is 0 Å². The van der Waals surface area contributed by atoms with Crippen molar-refractivity contribution in [2.45, 2.75) is 16.5 Å². The smallest absolute Gasteiger partial charge is 0.101 e. The standard InChI is InChI=1S/C11H11N3S/c12-7-9-4-5-10(8-14-9)15-11-3-1-2-6-13-11/h1-6,8H,7,12H2. The van der Waals surface area contributed by atoms with Gasteiger partial charge in [0.15, 0.2) is 0 Å². The van der Waals surface area contributed by atoms with Crippen molar-refractivity contribution in [3.8, 4) is 0 Å². The monoisotopic (exact) mass is 217 g/mol. The molecule has 2 aromatic rings. The zero-order valence-electron chi connectivity index (χ0n) is 8.13. The minimum absolute atomic E-state index is 0.481. The summed E-state index contributed by atoms with van der Waals surface area (Å²) in [6.45, 7) is 0.481. The summed E-state index contributed by atoms with van der Waals surface area (Å²) in [4.78, 5) is 9.52. The van der Waals surface area contributed by atoms with Gasteiger partial charge in [-0.3, -0.25) is 4.98 Å². The molecular weight excluding hydrogens is 206 g/mol. The lowest BCUT2D eigenvalue weighted by molar-refractivity contribution is 0.976. The van der Waals surface area contributed by atoms with E-state index in [0.717, 1.165) is 15.6 Å². The fourth-order valence-corrected chi connectivity index (χ4v) is 1.86. The summed E-state index contributed by atoms with van der Waals surface area (Å²) in [5.41, 5.74) is 6.37. The number of rotatable bonds is 3. The second-order valence-corrected chi connectivity index (χ2v) is 4.05. The van der Waals surface area contributed by atoms with Gasteiger partial charge in [-0.1, -0.05) is 17.8 Å². The van der Waals surface area contributed by atoms with E-state index in [4.69, 9.17) is 5.73 Å². The number of hydrogen-bond acceptors (Lipinski definition) is 4. The van der Waals surface area contributed by atoms with Crippen LogP contribution in [-0.2, 0) is 6.54 Å². The molecule has 0 saturated carbocycles. The number of hydrogen-bond donors (Lipinski definition) is 1. The van der Waals surface area contributed by atoms with E-state index in [2.05, 4.69) is 9.97 Å². The van der Waals surface area contributed by atoms with E-state index in [1.165, 1.54) is 0 Å². The average Bonchev–Trinajstić information content (AvgIpc) is 2.31. The summed E-state index contributed by atoms with van der Waals surface area (Å²) in [6.07, 6.45) is 3.60. The van der Waals surface area contributed by atoms with Crippen LogP contribution in [0.2, 0.25) is 0 Å². The topological polar surface area (TPSA) is 51.8 Å². The van der Waals surface area contributed by atoms with Crippen LogP contribution in [0.4, 0.5) is 0 Å². The van der Waals surface area contributed by atoms with Crippen LogP contribution in [0.25, 0.3) is 0 Å². The van der Waals surface area contributed by atoms with Crippen molar-refractivity contribution in [2.75, 3.05) is 0 Å². The van der Waals surface area contributed by atoms with E-state index >= 15 is 0 Å². The first-order chi connectivity index (χ1) is 7.38. The molecule has 2 N–H and O–H groups in total. The van der Waals surface area contributed by atoms with Gasteiger partial charge in [0, 0.05) is 23.8 Å². The molecule has 0 bridgehead atoms. The molecule has 2 rings (SSSR count). The Morgan fingerprint density at radius 2 is 2.07 bits per heavy atom. The largest absolute Gasteiger partial charge is 0.325 e. The number of nitrogens with two attached hydrogens (primary N) is 1. The molecule has 15 heavy (non-hydrogen) atoms. The van der Waals surface area contributed by atoms with Gasteiger partial charge in [0.25, 0.3) is 0 Å². The van der Waals surface area contributed by atoms with Gasteiger partial charge in [-0.2, -0.15) is 0 Å². The van der Waals surface area contributed by atoms with Crippen molar-refractivity contribution < 1.29 is 0 Å². The van der Waals surface area contributed by atoms with Gasteiger partial charge in [0.1, 0.15) is 5.03 Å². The fourth-order valence-electron chi connectivity index (χ4n) is 1.12. The third kappa shape index (κ3) is 2.78. The molecule has 0 aliphatic rings. The van der Waals surface area contributed by atoms with Crippen molar-refractivity contribution in [2.24, 2.45) is 5.73 Å². The van der Waals surface area contributed by atoms with Crippen LogP contribution < -0.4 is 5.73 Å². The van der Waals surface area contributed by atoms with E-state index in [-0.39, 0.29) is 0 Å². The summed E-state index contributed by atoms with van der Waals surface area (Å²) in [6, 6.07) is 9.79. The minimum atomic E-state index is 0.481. The maximum absolute atomic E-state index is 5.47. The predicted molar refractivity (Wildman–Crippen MR) is 60.5 cm³/mol. The van der Waals surface area contributed by atoms with Gasteiger partial charge in [-0.15, -0.1) is 0 Å². The summed E-state index contributed by atoms with van der Waals surface area (Å²) < 4.78 is 0. The second kappa shape index (κ2) is 4.91. The van der Waals surface area contributed by atoms with Gasteiger partial charge in [-0.05, 0) is 24.3 Å². The predicted octanol–water partition coefficient (Wildman–Crippen LogP) is 2.09. The van der Waals surface area contributed by atoms with Crippen LogP contribution in [0.1, 0.15) is 5.69 Å². The molecule has 4 heteroatoms. The van der Waals surface area contributed by atoms with E-state index in [1.54, 1.807) is 18.0 Å². The molecule has 0 radical (unpaired) electrons. The Bertz CT molecular complexity index is 414. The van der Waals surface area contributed by atoms with Crippen LogP contribution >= 0.6 is 11.8 Å². The van der Waals surface area contributed by atoms with Crippen molar-refractivity contribution >= 4 is 11.8 Å². The molecule has 0 amide bonds. The summed E-state index contributed by atoms with van der Waals surface area (Å²) in [7, 11) is 0. The van der Waals surface area contributed by atoms with Crippen LogP contribution in [-0.4, -0.2) is 9.97 Å². The third-order valence-corrected chi connectivity index (χ3v) is 2.79. The Morgan fingerprint density at radius 1 is 1.13 bits per heavy atom. The first kappa shape index (κ1) is 10.1. The van der Waals surface area contributed by atoms with Gasteiger partial charge >= 0.3 is 0 Å². The van der Waals surface area contributed by atoms with Gasteiger partial charge in [-0.25, -0.2) is 4.98 Å². The summed E-state index contributed by atoms with van der Waals surface area (Å²) >= 11 is 1.59. The lowest BCUT2D eigenvalue weighted by Gasteiger charge is -2.00. The minimum Gasteiger partial charge on any atom is -0.325 e. The molecule has 0 saturated heterocycles. The molecule has 0 aliphatic carbocycles. The molecule has 0 aromatic carbocycles. The third-order valence-electron chi connectivity index (χ3n) is 1.87. The Balaban J connectivity index is 2.11. The normalized spacial score (nSPS) is 10.2. The first-order valence-corrected chi connectivity index (χ1v) is 5.44. The highest BCUT2D eigenvalue weighted by Crippen LogP contribution is 2.24. The van der Waals surface area contributed by atoms with Gasteiger partial charge < -0.3 is 5.73 Å². The molecular formula is C11H11N3S. The van der Waals surface area contributed by atoms with Gasteiger partial charge in [0.2, 0.25) is 0 Å². The van der Waals surface area contributed by atoms with E-state index < -0.39 is 0 Å². The quantitative estimate of drug-likeness (QED) is 0.855. The number of aromatic nitrogens is 2. The highest BCUT2D eigenvalue weighted by molar-refractivity contribution is 7.99. The molecule has 76 valence electrons. The summed E-state index contributed by atoms with van der Waals surface area (Å²) in [5.74, 6) is 0. The zero-order chi connectivity index (χ0) is 10.5. The average molecular weight is 217 g/mol. The van der Waals surface area contributed by atoms with Crippen LogP contribution in [0.3, 0.4) is 0 Å². The van der Waals surface area contributed by atoms with Gasteiger partial charge in [0.05, 0.1) is 5.69 Å². The Morgan fingerprint density at radius 3 is 2.67 bits per heavy atom. The molecule has 0 fully saturated rings. The van der Waals surface area contributed by atoms with E-state index in [1.807, 2.05) is 36.5 Å². The molecule has 2 heterocycles. The van der Waals surface area contributed by atoms with E-state index in [9.17, 15) is 0 Å². The lowest BCUT2D eigenvalue weighted by atomic mass is 10.4. The lowest BCUT2D eigenvalue weighted by Crippen LogP contribution is -1.98. The SMILES string of the molecule is NCc1ccc(Sc2ccccn2)cn1. The number of pyridine rings is 2. The van der Waals surface area contributed by atoms with Crippen molar-refractivity contribution in [3.63, 3.8) is 0 Å². The van der Waals surface area contributed by atoms with Crippen LogP contribution in [0, 0.1) is 0 Å². The maximum atomic E-state index is 5.47.